The highest BCUT2D eigenvalue weighted by Gasteiger charge is 2.20. The summed E-state index contributed by atoms with van der Waals surface area (Å²) in [5.41, 5.74) is 4.12. The van der Waals surface area contributed by atoms with E-state index in [0.29, 0.717) is 24.2 Å². The molecule has 33 heavy (non-hydrogen) atoms. The lowest BCUT2D eigenvalue weighted by atomic mass is 10.0. The largest absolute Gasteiger partial charge is 0.326 e. The number of rotatable bonds is 3. The van der Waals surface area contributed by atoms with Gasteiger partial charge < -0.3 is 10.6 Å². The van der Waals surface area contributed by atoms with Crippen LogP contribution in [0.3, 0.4) is 0 Å². The highest BCUT2D eigenvalue weighted by molar-refractivity contribution is 6.05. The highest BCUT2D eigenvalue weighted by atomic mass is 16.2. The lowest BCUT2D eigenvalue weighted by Crippen LogP contribution is -2.17. The fourth-order valence-electron chi connectivity index (χ4n) is 4.06. The van der Waals surface area contributed by atoms with Crippen LogP contribution in [0.5, 0.6) is 0 Å². The molecule has 1 aliphatic rings. The molecule has 3 heterocycles. The molecule has 8 nitrogen and oxygen atoms in total. The van der Waals surface area contributed by atoms with Gasteiger partial charge in [-0.2, -0.15) is 15.0 Å². The van der Waals surface area contributed by atoms with Crippen LogP contribution in [-0.4, -0.2) is 26.6 Å². The van der Waals surface area contributed by atoms with Crippen molar-refractivity contribution in [3.8, 4) is 11.9 Å². The van der Waals surface area contributed by atoms with E-state index in [1.807, 2.05) is 37.3 Å². The first kappa shape index (κ1) is 20.4. The first-order chi connectivity index (χ1) is 16.0. The SMILES string of the molecule is Cc1cc(-n2ncc(C#N)c2NC(=O)c2ccc3c(c2)CCCC(=O)N3)nc2ccccc12. The third-order valence-electron chi connectivity index (χ3n) is 5.74. The lowest BCUT2D eigenvalue weighted by Gasteiger charge is -2.12. The molecule has 2 amide bonds. The lowest BCUT2D eigenvalue weighted by molar-refractivity contribution is -0.116. The first-order valence-electron chi connectivity index (χ1n) is 10.6. The zero-order chi connectivity index (χ0) is 22.9. The molecule has 2 aromatic carbocycles. The molecule has 0 atom stereocenters. The predicted molar refractivity (Wildman–Crippen MR) is 124 cm³/mol. The first-order valence-corrected chi connectivity index (χ1v) is 10.6. The van der Waals surface area contributed by atoms with Crippen molar-refractivity contribution in [2.24, 2.45) is 0 Å². The van der Waals surface area contributed by atoms with Crippen molar-refractivity contribution in [1.29, 1.82) is 5.26 Å². The molecule has 4 aromatic rings. The van der Waals surface area contributed by atoms with Crippen molar-refractivity contribution in [2.45, 2.75) is 26.2 Å². The van der Waals surface area contributed by atoms with Gasteiger partial charge in [-0.25, -0.2) is 4.98 Å². The zero-order valence-corrected chi connectivity index (χ0v) is 17.9. The molecule has 0 aliphatic carbocycles. The van der Waals surface area contributed by atoms with E-state index in [1.165, 1.54) is 10.9 Å². The van der Waals surface area contributed by atoms with Crippen molar-refractivity contribution >= 4 is 34.2 Å². The Morgan fingerprint density at radius 2 is 2.03 bits per heavy atom. The number of nitriles is 1. The normalized spacial score (nSPS) is 13.0. The molecule has 0 spiro atoms. The Hall–Kier alpha value is -4.51. The number of hydrogen-bond acceptors (Lipinski definition) is 5. The second kappa shape index (κ2) is 8.20. The predicted octanol–water partition coefficient (Wildman–Crippen LogP) is 4.13. The van der Waals surface area contributed by atoms with Crippen LogP contribution in [-0.2, 0) is 11.2 Å². The maximum absolute atomic E-state index is 13.1. The van der Waals surface area contributed by atoms with Crippen LogP contribution in [0.1, 0.15) is 39.9 Å². The number of nitrogens with one attached hydrogen (secondary N) is 2. The fourth-order valence-corrected chi connectivity index (χ4v) is 4.06. The highest BCUT2D eigenvalue weighted by Crippen LogP contribution is 2.26. The minimum Gasteiger partial charge on any atom is -0.326 e. The smallest absolute Gasteiger partial charge is 0.256 e. The van der Waals surface area contributed by atoms with Gasteiger partial charge in [-0.05, 0) is 61.2 Å². The average Bonchev–Trinajstić information content (AvgIpc) is 3.12. The van der Waals surface area contributed by atoms with Crippen molar-refractivity contribution in [1.82, 2.24) is 14.8 Å². The van der Waals surface area contributed by atoms with Crippen LogP contribution >= 0.6 is 0 Å². The summed E-state index contributed by atoms with van der Waals surface area (Å²) in [7, 11) is 0. The molecule has 162 valence electrons. The Morgan fingerprint density at radius 1 is 1.18 bits per heavy atom. The van der Waals surface area contributed by atoms with Gasteiger partial charge in [0.25, 0.3) is 5.91 Å². The topological polar surface area (TPSA) is 113 Å². The van der Waals surface area contributed by atoms with Crippen molar-refractivity contribution < 1.29 is 9.59 Å². The third kappa shape index (κ3) is 3.81. The van der Waals surface area contributed by atoms with E-state index in [2.05, 4.69) is 26.8 Å². The summed E-state index contributed by atoms with van der Waals surface area (Å²) in [4.78, 5) is 29.6. The zero-order valence-electron chi connectivity index (χ0n) is 17.9. The van der Waals surface area contributed by atoms with Crippen molar-refractivity contribution in [2.75, 3.05) is 10.6 Å². The standard InChI is InChI=1S/C25H20N6O2/c1-15-11-22(28-21-7-3-2-6-19(15)21)31-24(18(13-26)14-27-31)30-25(33)17-9-10-20-16(12-17)5-4-8-23(32)29-20/h2-3,6-7,9-12,14H,4-5,8H2,1H3,(H,29,32)(H,30,33). The third-order valence-corrected chi connectivity index (χ3v) is 5.74. The molecular formula is C25H20N6O2. The summed E-state index contributed by atoms with van der Waals surface area (Å²) < 4.78 is 1.47. The maximum Gasteiger partial charge on any atom is 0.256 e. The van der Waals surface area contributed by atoms with Gasteiger partial charge in [-0.15, -0.1) is 0 Å². The molecule has 2 aromatic heterocycles. The number of pyridine rings is 1. The van der Waals surface area contributed by atoms with Gasteiger partial charge in [0.15, 0.2) is 11.6 Å². The van der Waals surface area contributed by atoms with E-state index in [-0.39, 0.29) is 23.2 Å². The number of carbonyl (C=O) groups is 2. The Kier molecular flexibility index (Phi) is 5.07. The Bertz CT molecular complexity index is 1460. The minimum absolute atomic E-state index is 0.0216. The van der Waals surface area contributed by atoms with Gasteiger partial charge in [0.05, 0.1) is 11.7 Å². The van der Waals surface area contributed by atoms with E-state index < -0.39 is 0 Å². The molecule has 2 N–H and O–H groups in total. The molecule has 1 aliphatic heterocycles. The van der Waals surface area contributed by atoms with Gasteiger partial charge in [0.1, 0.15) is 11.6 Å². The summed E-state index contributed by atoms with van der Waals surface area (Å²) in [5.74, 6) is 0.372. The Labute approximate surface area is 189 Å². The molecule has 0 fully saturated rings. The van der Waals surface area contributed by atoms with Gasteiger partial charge >= 0.3 is 0 Å². The summed E-state index contributed by atoms with van der Waals surface area (Å²) >= 11 is 0. The number of nitrogens with zero attached hydrogens (tertiary/aromatic N) is 4. The van der Waals surface area contributed by atoms with Crippen LogP contribution in [0.2, 0.25) is 0 Å². The fraction of sp³-hybridized carbons (Fsp3) is 0.160. The molecule has 0 bridgehead atoms. The van der Waals surface area contributed by atoms with Crippen LogP contribution in [0.25, 0.3) is 16.7 Å². The number of anilines is 2. The van der Waals surface area contributed by atoms with E-state index in [9.17, 15) is 14.9 Å². The number of fused-ring (bicyclic) bond motifs is 2. The van der Waals surface area contributed by atoms with Crippen molar-refractivity contribution in [3.63, 3.8) is 0 Å². The van der Waals surface area contributed by atoms with Gasteiger partial charge in [-0.1, -0.05) is 18.2 Å². The van der Waals surface area contributed by atoms with Crippen LogP contribution in [0.15, 0.2) is 54.7 Å². The van der Waals surface area contributed by atoms with Gasteiger partial charge in [-0.3, -0.25) is 9.59 Å². The maximum atomic E-state index is 13.1. The van der Waals surface area contributed by atoms with Gasteiger partial charge in [0.2, 0.25) is 5.91 Å². The average molecular weight is 436 g/mol. The molecule has 8 heteroatoms. The number of hydrogen-bond donors (Lipinski definition) is 2. The molecule has 0 saturated carbocycles. The summed E-state index contributed by atoms with van der Waals surface area (Å²) in [5, 5.41) is 20.6. The number of aromatic nitrogens is 3. The quantitative estimate of drug-likeness (QED) is 0.501. The summed E-state index contributed by atoms with van der Waals surface area (Å²) in [6.07, 6.45) is 3.30. The Balaban J connectivity index is 1.51. The summed E-state index contributed by atoms with van der Waals surface area (Å²) in [6.45, 7) is 1.98. The Morgan fingerprint density at radius 3 is 2.88 bits per heavy atom. The number of amides is 2. The van der Waals surface area contributed by atoms with Crippen molar-refractivity contribution in [3.05, 3.63) is 77.0 Å². The van der Waals surface area contributed by atoms with Gasteiger partial charge in [0, 0.05) is 23.1 Å². The van der Waals surface area contributed by atoms with Crippen LogP contribution in [0.4, 0.5) is 11.5 Å². The molecule has 0 radical (unpaired) electrons. The molecular weight excluding hydrogens is 416 g/mol. The monoisotopic (exact) mass is 436 g/mol. The molecule has 0 unspecified atom stereocenters. The number of benzene rings is 2. The minimum atomic E-state index is -0.371. The van der Waals surface area contributed by atoms with E-state index >= 15 is 0 Å². The number of carbonyl (C=O) groups excluding carboxylic acids is 2. The van der Waals surface area contributed by atoms with Crippen LogP contribution < -0.4 is 10.6 Å². The van der Waals surface area contributed by atoms with Crippen LogP contribution in [0, 0.1) is 18.3 Å². The summed E-state index contributed by atoms with van der Waals surface area (Å²) in [6, 6.07) is 16.9. The number of aryl methyl sites for hydroxylation is 2. The van der Waals surface area contributed by atoms with E-state index in [0.717, 1.165) is 34.1 Å². The molecule has 5 rings (SSSR count). The van der Waals surface area contributed by atoms with E-state index in [4.69, 9.17) is 0 Å². The van der Waals surface area contributed by atoms with E-state index in [1.54, 1.807) is 18.2 Å². The number of para-hydroxylation sites is 1. The molecule has 0 saturated heterocycles. The second-order valence-corrected chi connectivity index (χ2v) is 7.97. The second-order valence-electron chi connectivity index (χ2n) is 7.97.